The summed E-state index contributed by atoms with van der Waals surface area (Å²) in [7, 11) is 1.81. The van der Waals surface area contributed by atoms with E-state index < -0.39 is 0 Å². The highest BCUT2D eigenvalue weighted by molar-refractivity contribution is 14.0. The van der Waals surface area contributed by atoms with Crippen LogP contribution in [0.15, 0.2) is 11.3 Å². The fourth-order valence-electron chi connectivity index (χ4n) is 2.79. The number of hydrogen-bond donors (Lipinski definition) is 2. The van der Waals surface area contributed by atoms with Gasteiger partial charge in [-0.25, -0.2) is 0 Å². The van der Waals surface area contributed by atoms with Gasteiger partial charge in [-0.05, 0) is 33.6 Å². The zero-order valence-corrected chi connectivity index (χ0v) is 16.9. The lowest BCUT2D eigenvalue weighted by atomic mass is 10.0. The van der Waals surface area contributed by atoms with Crippen molar-refractivity contribution in [2.75, 3.05) is 20.1 Å². The highest BCUT2D eigenvalue weighted by Gasteiger charge is 2.21. The maximum Gasteiger partial charge on any atom is 0.191 e. The van der Waals surface area contributed by atoms with Crippen molar-refractivity contribution < 1.29 is 0 Å². The summed E-state index contributed by atoms with van der Waals surface area (Å²) in [6.45, 7) is 10.4. The number of aliphatic imine (C=N–C) groups is 1. The van der Waals surface area contributed by atoms with Gasteiger partial charge in [0.05, 0.1) is 6.54 Å². The molecule has 0 spiro atoms. The fraction of sp³-hybridized carbons (Fsp3) is 0.800. The quantitative estimate of drug-likeness (QED) is 0.417. The molecule has 1 aliphatic rings. The second kappa shape index (κ2) is 10.1. The summed E-state index contributed by atoms with van der Waals surface area (Å²) >= 11 is 0. The minimum atomic E-state index is 0. The Kier molecular flexibility index (Phi) is 8.82. The van der Waals surface area contributed by atoms with Crippen LogP contribution in [0.25, 0.3) is 0 Å². The average molecular weight is 435 g/mol. The van der Waals surface area contributed by atoms with E-state index in [4.69, 9.17) is 0 Å². The molecule has 1 aromatic heterocycles. The van der Waals surface area contributed by atoms with E-state index >= 15 is 0 Å². The number of guanidine groups is 1. The Hall–Kier alpha value is -0.900. The lowest BCUT2D eigenvalue weighted by molar-refractivity contribution is 0.167. The minimum Gasteiger partial charge on any atom is -0.354 e. The number of piperidine rings is 1. The molecule has 7 nitrogen and oxygen atoms in total. The number of hydrogen-bond acceptors (Lipinski definition) is 4. The number of aromatic nitrogens is 3. The molecule has 23 heavy (non-hydrogen) atoms. The molecule has 0 amide bonds. The van der Waals surface area contributed by atoms with Gasteiger partial charge < -0.3 is 20.1 Å². The summed E-state index contributed by atoms with van der Waals surface area (Å²) < 4.78 is 2.03. The molecule has 1 aliphatic heterocycles. The monoisotopic (exact) mass is 435 g/mol. The van der Waals surface area contributed by atoms with Gasteiger partial charge in [-0.3, -0.25) is 4.99 Å². The topological polar surface area (TPSA) is 70.4 Å². The second-order valence-corrected chi connectivity index (χ2v) is 6.01. The smallest absolute Gasteiger partial charge is 0.191 e. The Balaban J connectivity index is 0.00000264. The van der Waals surface area contributed by atoms with Crippen molar-refractivity contribution in [2.45, 2.75) is 58.8 Å². The first-order chi connectivity index (χ1) is 10.6. The molecule has 0 radical (unpaired) electrons. The maximum atomic E-state index is 4.31. The van der Waals surface area contributed by atoms with Gasteiger partial charge in [-0.2, -0.15) is 0 Å². The van der Waals surface area contributed by atoms with Crippen LogP contribution in [0, 0.1) is 0 Å². The molecular formula is C15H30IN7. The number of rotatable bonds is 5. The number of nitrogens with zero attached hydrogens (tertiary/aromatic N) is 5. The minimum absolute atomic E-state index is 0. The number of aryl methyl sites for hydroxylation is 1. The van der Waals surface area contributed by atoms with E-state index in [1.165, 1.54) is 0 Å². The molecule has 132 valence electrons. The highest BCUT2D eigenvalue weighted by atomic mass is 127. The first-order valence-corrected chi connectivity index (χ1v) is 8.22. The van der Waals surface area contributed by atoms with Gasteiger partial charge in [-0.1, -0.05) is 0 Å². The molecule has 0 atom stereocenters. The lowest BCUT2D eigenvalue weighted by Crippen LogP contribution is -2.49. The van der Waals surface area contributed by atoms with E-state index in [2.05, 4.69) is 51.5 Å². The van der Waals surface area contributed by atoms with Crippen LogP contribution >= 0.6 is 24.0 Å². The maximum absolute atomic E-state index is 4.31. The van der Waals surface area contributed by atoms with Crippen molar-refractivity contribution in [1.29, 1.82) is 0 Å². The molecule has 0 bridgehead atoms. The van der Waals surface area contributed by atoms with Gasteiger partial charge >= 0.3 is 0 Å². The molecular weight excluding hydrogens is 405 g/mol. The van der Waals surface area contributed by atoms with Gasteiger partial charge in [0, 0.05) is 38.8 Å². The van der Waals surface area contributed by atoms with E-state index in [9.17, 15) is 0 Å². The molecule has 2 rings (SSSR count). The van der Waals surface area contributed by atoms with Crippen molar-refractivity contribution in [2.24, 2.45) is 4.99 Å². The molecule has 1 aromatic rings. The predicted molar refractivity (Wildman–Crippen MR) is 104 cm³/mol. The fourth-order valence-corrected chi connectivity index (χ4v) is 2.79. The Morgan fingerprint density at radius 2 is 2.09 bits per heavy atom. The van der Waals surface area contributed by atoms with Crippen molar-refractivity contribution >= 4 is 29.9 Å². The molecule has 0 aliphatic carbocycles. The zero-order valence-electron chi connectivity index (χ0n) is 14.6. The van der Waals surface area contributed by atoms with Crippen LogP contribution in [0.2, 0.25) is 0 Å². The molecule has 0 saturated carbocycles. The van der Waals surface area contributed by atoms with E-state index in [-0.39, 0.29) is 24.0 Å². The normalized spacial score (nSPS) is 17.2. The second-order valence-electron chi connectivity index (χ2n) is 6.01. The van der Waals surface area contributed by atoms with Crippen LogP contribution in [0.4, 0.5) is 0 Å². The van der Waals surface area contributed by atoms with E-state index in [0.29, 0.717) is 18.6 Å². The van der Waals surface area contributed by atoms with E-state index in [1.54, 1.807) is 6.33 Å². The molecule has 2 heterocycles. The highest BCUT2D eigenvalue weighted by Crippen LogP contribution is 2.12. The first kappa shape index (κ1) is 20.1. The van der Waals surface area contributed by atoms with Crippen LogP contribution in [-0.2, 0) is 13.1 Å². The Morgan fingerprint density at radius 1 is 1.39 bits per heavy atom. The summed E-state index contributed by atoms with van der Waals surface area (Å²) in [5.41, 5.74) is 0. The zero-order chi connectivity index (χ0) is 15.9. The van der Waals surface area contributed by atoms with Crippen LogP contribution in [0.3, 0.4) is 0 Å². The first-order valence-electron chi connectivity index (χ1n) is 8.22. The Bertz CT molecular complexity index is 478. The van der Waals surface area contributed by atoms with Gasteiger partial charge in [-0.15, -0.1) is 34.2 Å². The van der Waals surface area contributed by atoms with Gasteiger partial charge in [0.1, 0.15) is 6.33 Å². The lowest BCUT2D eigenvalue weighted by Gasteiger charge is -2.35. The van der Waals surface area contributed by atoms with E-state index in [0.717, 1.165) is 44.3 Å². The standard InChI is InChI=1S/C15H29N7.HI/c1-5-21-11-18-20-14(21)10-17-15(16-4)19-13-6-8-22(9-7-13)12(2)3;/h11-13H,5-10H2,1-4H3,(H2,16,17,19);1H. The number of nitrogens with one attached hydrogen (secondary N) is 2. The third-order valence-corrected chi connectivity index (χ3v) is 4.27. The molecule has 1 fully saturated rings. The average Bonchev–Trinajstić information content (AvgIpc) is 2.99. The van der Waals surface area contributed by atoms with E-state index in [1.807, 2.05) is 11.6 Å². The Morgan fingerprint density at radius 3 is 2.65 bits per heavy atom. The van der Waals surface area contributed by atoms with Crippen LogP contribution < -0.4 is 10.6 Å². The molecule has 8 heteroatoms. The van der Waals surface area contributed by atoms with Gasteiger partial charge in [0.25, 0.3) is 0 Å². The predicted octanol–water partition coefficient (Wildman–Crippen LogP) is 1.45. The molecule has 0 aromatic carbocycles. The summed E-state index contributed by atoms with van der Waals surface area (Å²) in [4.78, 5) is 6.84. The molecule has 1 saturated heterocycles. The summed E-state index contributed by atoms with van der Waals surface area (Å²) in [6.07, 6.45) is 4.07. The summed E-state index contributed by atoms with van der Waals surface area (Å²) in [6, 6.07) is 1.13. The Labute approximate surface area is 156 Å². The van der Waals surface area contributed by atoms with Crippen molar-refractivity contribution in [3.05, 3.63) is 12.2 Å². The van der Waals surface area contributed by atoms with Crippen molar-refractivity contribution in [3.63, 3.8) is 0 Å². The van der Waals surface area contributed by atoms with Crippen LogP contribution in [-0.4, -0.2) is 57.8 Å². The third kappa shape index (κ3) is 5.91. The summed E-state index contributed by atoms with van der Waals surface area (Å²) in [5.74, 6) is 1.77. The van der Waals surface area contributed by atoms with Crippen molar-refractivity contribution in [1.82, 2.24) is 30.3 Å². The molecule has 2 N–H and O–H groups in total. The van der Waals surface area contributed by atoms with Gasteiger partial charge in [0.2, 0.25) is 0 Å². The number of likely N-dealkylation sites (tertiary alicyclic amines) is 1. The summed E-state index contributed by atoms with van der Waals surface area (Å²) in [5, 5.41) is 14.9. The molecule has 0 unspecified atom stereocenters. The number of halogens is 1. The van der Waals surface area contributed by atoms with Crippen molar-refractivity contribution in [3.8, 4) is 0 Å². The third-order valence-electron chi connectivity index (χ3n) is 4.27. The largest absolute Gasteiger partial charge is 0.354 e. The van der Waals surface area contributed by atoms with Crippen LogP contribution in [0.1, 0.15) is 39.4 Å². The van der Waals surface area contributed by atoms with Crippen LogP contribution in [0.5, 0.6) is 0 Å². The SMILES string of the molecule is CCn1cnnc1CNC(=NC)NC1CCN(C(C)C)CC1.I. The van der Waals surface area contributed by atoms with Gasteiger partial charge in [0.15, 0.2) is 11.8 Å².